The first-order valence-corrected chi connectivity index (χ1v) is 7.03. The molecule has 4 heteroatoms. The minimum absolute atomic E-state index is 0.280. The van der Waals surface area contributed by atoms with Gasteiger partial charge in [0, 0.05) is 19.6 Å². The number of hydrogen-bond acceptors (Lipinski definition) is 4. The lowest BCUT2D eigenvalue weighted by Gasteiger charge is -2.36. The molecule has 19 heavy (non-hydrogen) atoms. The second-order valence-electron chi connectivity index (χ2n) is 5.40. The minimum Gasteiger partial charge on any atom is -0.486 e. The van der Waals surface area contributed by atoms with E-state index in [4.69, 9.17) is 10.5 Å². The summed E-state index contributed by atoms with van der Waals surface area (Å²) in [6, 6.07) is 6.32. The van der Waals surface area contributed by atoms with Crippen LogP contribution in [0.25, 0.3) is 0 Å². The Morgan fingerprint density at radius 1 is 1.42 bits per heavy atom. The van der Waals surface area contributed by atoms with Crippen molar-refractivity contribution in [3.63, 3.8) is 0 Å². The van der Waals surface area contributed by atoms with Crippen LogP contribution in [-0.4, -0.2) is 44.7 Å². The SMILES string of the molecule is CCC1CN(CCN(C)C)c2ccc(CN)cc2O1. The molecule has 0 radical (unpaired) electrons. The summed E-state index contributed by atoms with van der Waals surface area (Å²) in [5.41, 5.74) is 8.03. The van der Waals surface area contributed by atoms with Crippen molar-refractivity contribution in [3.05, 3.63) is 23.8 Å². The molecule has 106 valence electrons. The van der Waals surface area contributed by atoms with E-state index in [1.807, 2.05) is 0 Å². The van der Waals surface area contributed by atoms with Gasteiger partial charge in [-0.1, -0.05) is 13.0 Å². The van der Waals surface area contributed by atoms with Gasteiger partial charge in [0.15, 0.2) is 0 Å². The first kappa shape index (κ1) is 14.2. The molecule has 1 aliphatic rings. The van der Waals surface area contributed by atoms with Gasteiger partial charge in [-0.3, -0.25) is 0 Å². The number of hydrogen-bond donors (Lipinski definition) is 1. The van der Waals surface area contributed by atoms with Crippen LogP contribution in [0.15, 0.2) is 18.2 Å². The fourth-order valence-corrected chi connectivity index (χ4v) is 2.35. The maximum absolute atomic E-state index is 6.05. The quantitative estimate of drug-likeness (QED) is 0.877. The van der Waals surface area contributed by atoms with E-state index in [2.05, 4.69) is 49.0 Å². The molecule has 0 amide bonds. The summed E-state index contributed by atoms with van der Waals surface area (Å²) < 4.78 is 6.05. The van der Waals surface area contributed by atoms with Gasteiger partial charge in [0.25, 0.3) is 0 Å². The van der Waals surface area contributed by atoms with Gasteiger partial charge in [0.05, 0.1) is 12.2 Å². The van der Waals surface area contributed by atoms with Crippen molar-refractivity contribution in [1.29, 1.82) is 0 Å². The molecule has 1 atom stereocenters. The summed E-state index contributed by atoms with van der Waals surface area (Å²) >= 11 is 0. The lowest BCUT2D eigenvalue weighted by molar-refractivity contribution is 0.188. The first-order chi connectivity index (χ1) is 9.13. The zero-order chi connectivity index (χ0) is 13.8. The van der Waals surface area contributed by atoms with Gasteiger partial charge in [0.2, 0.25) is 0 Å². The van der Waals surface area contributed by atoms with Gasteiger partial charge in [-0.25, -0.2) is 0 Å². The third kappa shape index (κ3) is 3.39. The third-order valence-corrected chi connectivity index (χ3v) is 3.59. The molecule has 0 aromatic heterocycles. The Hall–Kier alpha value is -1.26. The van der Waals surface area contributed by atoms with Crippen LogP contribution in [0.4, 0.5) is 5.69 Å². The second kappa shape index (κ2) is 6.26. The molecule has 2 rings (SSSR count). The fourth-order valence-electron chi connectivity index (χ4n) is 2.35. The molecule has 1 aliphatic heterocycles. The monoisotopic (exact) mass is 263 g/mol. The van der Waals surface area contributed by atoms with Crippen LogP contribution in [0.3, 0.4) is 0 Å². The largest absolute Gasteiger partial charge is 0.486 e. The van der Waals surface area contributed by atoms with Gasteiger partial charge in [-0.05, 0) is 38.2 Å². The summed E-state index contributed by atoms with van der Waals surface area (Å²) in [6.45, 7) is 5.79. The topological polar surface area (TPSA) is 41.7 Å². The van der Waals surface area contributed by atoms with Crippen LogP contribution >= 0.6 is 0 Å². The van der Waals surface area contributed by atoms with E-state index in [0.29, 0.717) is 6.54 Å². The average molecular weight is 263 g/mol. The summed E-state index contributed by atoms with van der Waals surface area (Å²) in [7, 11) is 4.21. The molecule has 0 fully saturated rings. The van der Waals surface area contributed by atoms with Crippen LogP contribution in [-0.2, 0) is 6.54 Å². The van der Waals surface area contributed by atoms with Gasteiger partial charge < -0.3 is 20.3 Å². The van der Waals surface area contributed by atoms with Gasteiger partial charge in [-0.2, -0.15) is 0 Å². The van der Waals surface area contributed by atoms with Crippen LogP contribution in [0.2, 0.25) is 0 Å². The molecule has 1 aromatic rings. The normalized spacial score (nSPS) is 18.4. The van der Waals surface area contributed by atoms with E-state index in [9.17, 15) is 0 Å². The Kier molecular flexibility index (Phi) is 4.66. The molecule has 0 aliphatic carbocycles. The van der Waals surface area contributed by atoms with Crippen molar-refractivity contribution < 1.29 is 4.74 Å². The Morgan fingerprint density at radius 2 is 2.21 bits per heavy atom. The maximum atomic E-state index is 6.05. The van der Waals surface area contributed by atoms with Crippen molar-refractivity contribution in [2.75, 3.05) is 38.6 Å². The van der Waals surface area contributed by atoms with Crippen molar-refractivity contribution in [2.24, 2.45) is 5.73 Å². The number of nitrogens with two attached hydrogens (primary N) is 1. The van der Waals surface area contributed by atoms with Crippen molar-refractivity contribution >= 4 is 5.69 Å². The Balaban J connectivity index is 2.21. The predicted molar refractivity (Wildman–Crippen MR) is 79.8 cm³/mol. The number of anilines is 1. The smallest absolute Gasteiger partial charge is 0.143 e. The van der Waals surface area contributed by atoms with Crippen LogP contribution in [0.5, 0.6) is 5.75 Å². The highest BCUT2D eigenvalue weighted by Crippen LogP contribution is 2.34. The highest BCUT2D eigenvalue weighted by Gasteiger charge is 2.24. The maximum Gasteiger partial charge on any atom is 0.143 e. The molecular formula is C15H25N3O. The van der Waals surface area contributed by atoms with E-state index >= 15 is 0 Å². The zero-order valence-electron chi connectivity index (χ0n) is 12.2. The average Bonchev–Trinajstić information content (AvgIpc) is 2.43. The lowest BCUT2D eigenvalue weighted by atomic mass is 10.1. The summed E-state index contributed by atoms with van der Waals surface area (Å²) in [5, 5.41) is 0. The minimum atomic E-state index is 0.280. The molecule has 2 N–H and O–H groups in total. The molecule has 1 heterocycles. The highest BCUT2D eigenvalue weighted by molar-refractivity contribution is 5.61. The van der Waals surface area contributed by atoms with Gasteiger partial charge >= 0.3 is 0 Å². The molecule has 4 nitrogen and oxygen atoms in total. The molecule has 0 saturated heterocycles. The second-order valence-corrected chi connectivity index (χ2v) is 5.40. The van der Waals surface area contributed by atoms with E-state index in [0.717, 1.165) is 37.4 Å². The van der Waals surface area contributed by atoms with Gasteiger partial charge in [0.1, 0.15) is 11.9 Å². The summed E-state index contributed by atoms with van der Waals surface area (Å²) in [5.74, 6) is 0.986. The molecule has 0 saturated carbocycles. The molecular weight excluding hydrogens is 238 g/mol. The Bertz CT molecular complexity index is 420. The van der Waals surface area contributed by atoms with E-state index in [-0.39, 0.29) is 6.10 Å². The van der Waals surface area contributed by atoms with Crippen molar-refractivity contribution in [1.82, 2.24) is 4.90 Å². The number of likely N-dealkylation sites (N-methyl/N-ethyl adjacent to an activating group) is 1. The number of fused-ring (bicyclic) bond motifs is 1. The Labute approximate surface area is 116 Å². The summed E-state index contributed by atoms with van der Waals surface area (Å²) in [6.07, 6.45) is 1.31. The standard InChI is InChI=1S/C15H25N3O/c1-4-13-11-18(8-7-17(2)3)14-6-5-12(10-16)9-15(14)19-13/h5-6,9,13H,4,7-8,10-11,16H2,1-3H3. The molecule has 1 unspecified atom stereocenters. The van der Waals surface area contributed by atoms with E-state index in [1.165, 1.54) is 5.69 Å². The van der Waals surface area contributed by atoms with Gasteiger partial charge in [-0.15, -0.1) is 0 Å². The number of nitrogens with zero attached hydrogens (tertiary/aromatic N) is 2. The highest BCUT2D eigenvalue weighted by atomic mass is 16.5. The van der Waals surface area contributed by atoms with Crippen molar-refractivity contribution in [2.45, 2.75) is 26.0 Å². The summed E-state index contributed by atoms with van der Waals surface area (Å²) in [4.78, 5) is 4.64. The molecule has 0 bridgehead atoms. The van der Waals surface area contributed by atoms with Crippen LogP contribution in [0.1, 0.15) is 18.9 Å². The zero-order valence-corrected chi connectivity index (χ0v) is 12.2. The molecule has 1 aromatic carbocycles. The fraction of sp³-hybridized carbons (Fsp3) is 0.600. The van der Waals surface area contributed by atoms with E-state index in [1.54, 1.807) is 0 Å². The van der Waals surface area contributed by atoms with E-state index < -0.39 is 0 Å². The number of benzene rings is 1. The lowest BCUT2D eigenvalue weighted by Crippen LogP contribution is -2.42. The third-order valence-electron chi connectivity index (χ3n) is 3.59. The van der Waals surface area contributed by atoms with Crippen LogP contribution < -0.4 is 15.4 Å². The first-order valence-electron chi connectivity index (χ1n) is 7.03. The Morgan fingerprint density at radius 3 is 2.84 bits per heavy atom. The number of rotatable bonds is 5. The predicted octanol–water partition coefficient (Wildman–Crippen LogP) is 1.68. The van der Waals surface area contributed by atoms with Crippen LogP contribution in [0, 0.1) is 0 Å². The number of ether oxygens (including phenoxy) is 1. The molecule has 0 spiro atoms. The van der Waals surface area contributed by atoms with Crippen molar-refractivity contribution in [3.8, 4) is 5.75 Å².